The van der Waals surface area contributed by atoms with E-state index in [0.29, 0.717) is 13.2 Å². The molecule has 17 heavy (non-hydrogen) atoms. The molecule has 1 heterocycles. The second kappa shape index (κ2) is 8.06. The fourth-order valence-electron chi connectivity index (χ4n) is 1.73. The Morgan fingerprint density at radius 2 is 2.12 bits per heavy atom. The zero-order valence-electron chi connectivity index (χ0n) is 10.5. The number of hydrogen-bond acceptors (Lipinski definition) is 3. The maximum absolute atomic E-state index is 11.5. The highest BCUT2D eigenvalue weighted by Gasteiger charge is 2.23. The number of hydrogen-bond donors (Lipinski definition) is 2. The van der Waals surface area contributed by atoms with Crippen LogP contribution in [0.15, 0.2) is 0 Å². The Kier molecular flexibility index (Phi) is 6.62. The second-order valence-corrected chi connectivity index (χ2v) is 4.28. The van der Waals surface area contributed by atoms with Crippen molar-refractivity contribution in [3.05, 3.63) is 0 Å². The molecule has 1 unspecified atom stereocenters. The molecule has 0 spiro atoms. The van der Waals surface area contributed by atoms with Gasteiger partial charge in [-0.15, -0.1) is 0 Å². The van der Waals surface area contributed by atoms with Crippen LogP contribution in [0.5, 0.6) is 0 Å². The van der Waals surface area contributed by atoms with Gasteiger partial charge in [0.25, 0.3) is 0 Å². The van der Waals surface area contributed by atoms with E-state index in [-0.39, 0.29) is 24.5 Å². The average molecular weight is 242 g/mol. The Morgan fingerprint density at radius 1 is 1.29 bits per heavy atom. The van der Waals surface area contributed by atoms with Gasteiger partial charge >= 0.3 is 0 Å². The lowest BCUT2D eigenvalue weighted by Gasteiger charge is -2.10. The molecular formula is C12H22N2O3. The number of rotatable bonds is 7. The van der Waals surface area contributed by atoms with E-state index < -0.39 is 0 Å². The SMILES string of the molecule is CCCCCNC(=O)CNC(=O)C1CCCO1. The number of unbranched alkanes of at least 4 members (excludes halogenated alkanes) is 2. The lowest BCUT2D eigenvalue weighted by Crippen LogP contribution is -2.41. The predicted molar refractivity (Wildman–Crippen MR) is 64.5 cm³/mol. The van der Waals surface area contributed by atoms with Gasteiger partial charge in [-0.3, -0.25) is 9.59 Å². The Balaban J connectivity index is 2.04. The molecule has 1 fully saturated rings. The number of nitrogens with one attached hydrogen (secondary N) is 2. The van der Waals surface area contributed by atoms with Gasteiger partial charge < -0.3 is 15.4 Å². The first-order chi connectivity index (χ1) is 8.24. The Hall–Kier alpha value is -1.10. The molecule has 0 aromatic carbocycles. The summed E-state index contributed by atoms with van der Waals surface area (Å²) in [6.45, 7) is 3.48. The zero-order chi connectivity index (χ0) is 12.5. The van der Waals surface area contributed by atoms with E-state index in [1.165, 1.54) is 0 Å². The molecule has 0 aliphatic carbocycles. The van der Waals surface area contributed by atoms with Gasteiger partial charge in [-0.05, 0) is 19.3 Å². The summed E-state index contributed by atoms with van der Waals surface area (Å²) in [4.78, 5) is 22.9. The van der Waals surface area contributed by atoms with Gasteiger partial charge in [-0.2, -0.15) is 0 Å². The van der Waals surface area contributed by atoms with Crippen LogP contribution in [-0.4, -0.2) is 37.6 Å². The smallest absolute Gasteiger partial charge is 0.249 e. The van der Waals surface area contributed by atoms with Crippen molar-refractivity contribution in [2.75, 3.05) is 19.7 Å². The summed E-state index contributed by atoms with van der Waals surface area (Å²) in [7, 11) is 0. The highest BCUT2D eigenvalue weighted by atomic mass is 16.5. The standard InChI is InChI=1S/C12H22N2O3/c1-2-3-4-7-13-11(15)9-14-12(16)10-6-5-8-17-10/h10H,2-9H2,1H3,(H,13,15)(H,14,16). The van der Waals surface area contributed by atoms with Crippen molar-refractivity contribution in [3.8, 4) is 0 Å². The van der Waals surface area contributed by atoms with Crippen molar-refractivity contribution in [1.29, 1.82) is 0 Å². The lowest BCUT2D eigenvalue weighted by atomic mass is 10.2. The van der Waals surface area contributed by atoms with Crippen LogP contribution in [0.25, 0.3) is 0 Å². The Morgan fingerprint density at radius 3 is 2.76 bits per heavy atom. The highest BCUT2D eigenvalue weighted by molar-refractivity contribution is 5.86. The maximum Gasteiger partial charge on any atom is 0.249 e. The van der Waals surface area contributed by atoms with Crippen LogP contribution in [-0.2, 0) is 14.3 Å². The summed E-state index contributed by atoms with van der Waals surface area (Å²) in [6.07, 6.45) is 4.55. The van der Waals surface area contributed by atoms with E-state index in [1.54, 1.807) is 0 Å². The first-order valence-electron chi connectivity index (χ1n) is 6.40. The first-order valence-corrected chi connectivity index (χ1v) is 6.40. The van der Waals surface area contributed by atoms with E-state index >= 15 is 0 Å². The average Bonchev–Trinajstić information content (AvgIpc) is 2.85. The number of carbonyl (C=O) groups excluding carboxylic acids is 2. The van der Waals surface area contributed by atoms with Gasteiger partial charge in [0.15, 0.2) is 0 Å². The molecule has 2 amide bonds. The van der Waals surface area contributed by atoms with E-state index in [0.717, 1.165) is 32.1 Å². The van der Waals surface area contributed by atoms with Gasteiger partial charge in [0.1, 0.15) is 6.10 Å². The molecule has 1 saturated heterocycles. The van der Waals surface area contributed by atoms with Crippen molar-refractivity contribution >= 4 is 11.8 Å². The van der Waals surface area contributed by atoms with E-state index in [4.69, 9.17) is 4.74 Å². The minimum absolute atomic E-state index is 0.0464. The second-order valence-electron chi connectivity index (χ2n) is 4.28. The monoisotopic (exact) mass is 242 g/mol. The van der Waals surface area contributed by atoms with Gasteiger partial charge in [0, 0.05) is 13.2 Å². The van der Waals surface area contributed by atoms with Crippen LogP contribution < -0.4 is 10.6 Å². The number of carbonyl (C=O) groups is 2. The van der Waals surface area contributed by atoms with E-state index in [2.05, 4.69) is 17.6 Å². The fourth-order valence-corrected chi connectivity index (χ4v) is 1.73. The normalized spacial score (nSPS) is 19.0. The summed E-state index contributed by atoms with van der Waals surface area (Å²) in [6, 6.07) is 0. The molecule has 1 aliphatic rings. The van der Waals surface area contributed by atoms with Crippen LogP contribution in [0.1, 0.15) is 39.0 Å². The van der Waals surface area contributed by atoms with Crippen molar-refractivity contribution < 1.29 is 14.3 Å². The Bertz CT molecular complexity index is 250. The predicted octanol–water partition coefficient (Wildman–Crippen LogP) is 0.588. The first kappa shape index (κ1) is 14.0. The summed E-state index contributed by atoms with van der Waals surface area (Å²) in [5, 5.41) is 5.36. The third kappa shape index (κ3) is 5.68. The topological polar surface area (TPSA) is 67.4 Å². The van der Waals surface area contributed by atoms with Gasteiger partial charge in [0.05, 0.1) is 6.54 Å². The quantitative estimate of drug-likeness (QED) is 0.642. The molecule has 0 radical (unpaired) electrons. The van der Waals surface area contributed by atoms with Crippen LogP contribution in [0.3, 0.4) is 0 Å². The van der Waals surface area contributed by atoms with Crippen LogP contribution >= 0.6 is 0 Å². The zero-order valence-corrected chi connectivity index (χ0v) is 10.5. The minimum atomic E-state index is -0.358. The van der Waals surface area contributed by atoms with E-state index in [1.807, 2.05) is 0 Å². The number of amides is 2. The molecule has 98 valence electrons. The summed E-state index contributed by atoms with van der Waals surface area (Å²) in [5.41, 5.74) is 0. The van der Waals surface area contributed by atoms with Crippen molar-refractivity contribution in [2.24, 2.45) is 0 Å². The summed E-state index contributed by atoms with van der Waals surface area (Å²) in [5.74, 6) is -0.307. The van der Waals surface area contributed by atoms with Crippen molar-refractivity contribution in [3.63, 3.8) is 0 Å². The minimum Gasteiger partial charge on any atom is -0.368 e. The molecule has 2 N–H and O–H groups in total. The largest absolute Gasteiger partial charge is 0.368 e. The fraction of sp³-hybridized carbons (Fsp3) is 0.833. The molecule has 0 saturated carbocycles. The third-order valence-electron chi connectivity index (χ3n) is 2.75. The molecule has 1 aliphatic heterocycles. The van der Waals surface area contributed by atoms with Gasteiger partial charge in [-0.1, -0.05) is 19.8 Å². The Labute approximate surface area is 102 Å². The lowest BCUT2D eigenvalue weighted by molar-refractivity contribution is -0.132. The molecule has 5 heteroatoms. The summed E-state index contributed by atoms with van der Waals surface area (Å²) >= 11 is 0. The van der Waals surface area contributed by atoms with Crippen LogP contribution in [0, 0.1) is 0 Å². The van der Waals surface area contributed by atoms with Crippen molar-refractivity contribution in [2.45, 2.75) is 45.1 Å². The van der Waals surface area contributed by atoms with Crippen LogP contribution in [0.2, 0.25) is 0 Å². The van der Waals surface area contributed by atoms with Gasteiger partial charge in [0.2, 0.25) is 11.8 Å². The third-order valence-corrected chi connectivity index (χ3v) is 2.75. The molecule has 1 atom stereocenters. The molecule has 0 aromatic heterocycles. The molecule has 0 aromatic rings. The maximum atomic E-state index is 11.5. The summed E-state index contributed by atoms with van der Waals surface area (Å²) < 4.78 is 5.22. The molecule has 5 nitrogen and oxygen atoms in total. The van der Waals surface area contributed by atoms with Crippen LogP contribution in [0.4, 0.5) is 0 Å². The molecular weight excluding hydrogens is 220 g/mol. The number of ether oxygens (including phenoxy) is 1. The molecule has 0 bridgehead atoms. The molecule has 1 rings (SSSR count). The van der Waals surface area contributed by atoms with Gasteiger partial charge in [-0.25, -0.2) is 0 Å². The van der Waals surface area contributed by atoms with E-state index in [9.17, 15) is 9.59 Å². The highest BCUT2D eigenvalue weighted by Crippen LogP contribution is 2.11. The van der Waals surface area contributed by atoms with Crippen molar-refractivity contribution in [1.82, 2.24) is 10.6 Å².